The summed E-state index contributed by atoms with van der Waals surface area (Å²) in [5.41, 5.74) is -0.295. The van der Waals surface area contributed by atoms with Crippen molar-refractivity contribution in [1.82, 2.24) is 4.90 Å². The van der Waals surface area contributed by atoms with Crippen molar-refractivity contribution in [3.05, 3.63) is 23.4 Å². The molecule has 0 bridgehead atoms. The molecule has 0 amide bonds. The number of nitrogens with zero attached hydrogens (tertiary/aromatic N) is 1. The molecule has 0 spiro atoms. The molecule has 0 aromatic carbocycles. The van der Waals surface area contributed by atoms with Crippen LogP contribution in [0.5, 0.6) is 0 Å². The van der Waals surface area contributed by atoms with Gasteiger partial charge in [-0.25, -0.2) is 4.79 Å². The van der Waals surface area contributed by atoms with Gasteiger partial charge in [-0.1, -0.05) is 19.3 Å². The second kappa shape index (κ2) is 6.15. The number of allylic oxidation sites excluding steroid dienone is 2. The summed E-state index contributed by atoms with van der Waals surface area (Å²) in [6, 6.07) is 0. The molecule has 2 aliphatic rings. The van der Waals surface area contributed by atoms with Gasteiger partial charge in [0, 0.05) is 31.3 Å². The third-order valence-electron chi connectivity index (χ3n) is 5.20. The van der Waals surface area contributed by atoms with Gasteiger partial charge in [0.25, 0.3) is 0 Å². The Hall–Kier alpha value is -1.78. The summed E-state index contributed by atoms with van der Waals surface area (Å²) in [7, 11) is 3.62. The third kappa shape index (κ3) is 2.64. The van der Waals surface area contributed by atoms with E-state index in [0.717, 1.165) is 32.1 Å². The van der Waals surface area contributed by atoms with Gasteiger partial charge in [0.15, 0.2) is 0 Å². The summed E-state index contributed by atoms with van der Waals surface area (Å²) in [6.45, 7) is 1.68. The number of carbonyl (C=O) groups is 2. The highest BCUT2D eigenvalue weighted by atomic mass is 16.4. The average molecular weight is 307 g/mol. The molecule has 1 saturated carbocycles. The molecule has 2 aliphatic carbocycles. The summed E-state index contributed by atoms with van der Waals surface area (Å²) in [5.74, 6) is -2.32. The minimum absolute atomic E-state index is 0.112. The molecular weight excluding hydrogens is 282 g/mol. The van der Waals surface area contributed by atoms with E-state index in [-0.39, 0.29) is 11.5 Å². The normalized spacial score (nSPS) is 29.5. The lowest BCUT2D eigenvalue weighted by molar-refractivity contribution is -0.151. The summed E-state index contributed by atoms with van der Waals surface area (Å²) in [6.07, 6.45) is 8.29. The Morgan fingerprint density at radius 1 is 1.14 bits per heavy atom. The Balaban J connectivity index is 2.56. The third-order valence-corrected chi connectivity index (χ3v) is 5.20. The Kier molecular flexibility index (Phi) is 4.63. The minimum atomic E-state index is -1.20. The van der Waals surface area contributed by atoms with Crippen LogP contribution in [-0.2, 0) is 9.59 Å². The summed E-state index contributed by atoms with van der Waals surface area (Å²) >= 11 is 0. The molecular formula is C17H25NO4. The minimum Gasteiger partial charge on any atom is -0.481 e. The molecule has 0 aromatic rings. The van der Waals surface area contributed by atoms with Crippen molar-refractivity contribution >= 4 is 11.9 Å². The van der Waals surface area contributed by atoms with Gasteiger partial charge in [-0.3, -0.25) is 4.79 Å². The van der Waals surface area contributed by atoms with Crippen LogP contribution in [0.1, 0.15) is 39.0 Å². The predicted molar refractivity (Wildman–Crippen MR) is 83.3 cm³/mol. The van der Waals surface area contributed by atoms with E-state index in [0.29, 0.717) is 5.70 Å². The fourth-order valence-corrected chi connectivity index (χ4v) is 4.17. The fraction of sp³-hybridized carbons (Fsp3) is 0.647. The second-order valence-electron chi connectivity index (χ2n) is 6.76. The molecule has 122 valence electrons. The van der Waals surface area contributed by atoms with E-state index in [2.05, 4.69) is 0 Å². The maximum atomic E-state index is 12.1. The summed E-state index contributed by atoms with van der Waals surface area (Å²) in [5, 5.41) is 19.5. The molecule has 22 heavy (non-hydrogen) atoms. The number of carboxylic acids is 2. The van der Waals surface area contributed by atoms with Gasteiger partial charge in [0.2, 0.25) is 0 Å². The van der Waals surface area contributed by atoms with E-state index in [9.17, 15) is 19.8 Å². The average Bonchev–Trinajstić information content (AvgIpc) is 2.46. The second-order valence-corrected chi connectivity index (χ2v) is 6.76. The lowest BCUT2D eigenvalue weighted by Gasteiger charge is -2.45. The van der Waals surface area contributed by atoms with Gasteiger partial charge in [-0.05, 0) is 37.8 Å². The largest absolute Gasteiger partial charge is 0.481 e. The van der Waals surface area contributed by atoms with E-state index >= 15 is 0 Å². The van der Waals surface area contributed by atoms with Gasteiger partial charge in [-0.15, -0.1) is 0 Å². The highest BCUT2D eigenvalue weighted by molar-refractivity contribution is 5.91. The van der Waals surface area contributed by atoms with Gasteiger partial charge in [0.1, 0.15) is 5.41 Å². The van der Waals surface area contributed by atoms with Gasteiger partial charge >= 0.3 is 11.9 Å². The maximum Gasteiger partial charge on any atom is 0.331 e. The first-order chi connectivity index (χ1) is 10.3. The van der Waals surface area contributed by atoms with Crippen LogP contribution in [0.15, 0.2) is 23.4 Å². The van der Waals surface area contributed by atoms with Crippen LogP contribution in [0.4, 0.5) is 0 Å². The van der Waals surface area contributed by atoms with Crippen LogP contribution in [0.3, 0.4) is 0 Å². The number of carboxylic acid groups (broad SMARTS) is 2. The Labute approximate surface area is 131 Å². The van der Waals surface area contributed by atoms with Crippen molar-refractivity contribution in [3.63, 3.8) is 0 Å². The van der Waals surface area contributed by atoms with Crippen molar-refractivity contribution in [2.45, 2.75) is 39.0 Å². The molecule has 0 heterocycles. The maximum absolute atomic E-state index is 12.1. The highest BCUT2D eigenvalue weighted by Crippen LogP contribution is 2.50. The molecule has 1 fully saturated rings. The van der Waals surface area contributed by atoms with Gasteiger partial charge < -0.3 is 15.1 Å². The molecule has 2 rings (SSSR count). The Bertz CT molecular complexity index is 529. The van der Waals surface area contributed by atoms with Crippen LogP contribution in [0.2, 0.25) is 0 Å². The molecule has 2 atom stereocenters. The first-order valence-electron chi connectivity index (χ1n) is 7.86. The molecule has 0 radical (unpaired) electrons. The zero-order valence-electron chi connectivity index (χ0n) is 13.5. The first kappa shape index (κ1) is 16.6. The van der Waals surface area contributed by atoms with Crippen LogP contribution in [0, 0.1) is 17.3 Å². The lowest BCUT2D eigenvalue weighted by atomic mass is 9.60. The highest BCUT2D eigenvalue weighted by Gasteiger charge is 2.53. The van der Waals surface area contributed by atoms with Crippen molar-refractivity contribution < 1.29 is 19.8 Å². The molecule has 2 unspecified atom stereocenters. The Morgan fingerprint density at radius 3 is 2.18 bits per heavy atom. The number of aliphatic carboxylic acids is 2. The fourth-order valence-electron chi connectivity index (χ4n) is 4.17. The molecule has 0 saturated heterocycles. The molecule has 5 nitrogen and oxygen atoms in total. The van der Waals surface area contributed by atoms with Crippen molar-refractivity contribution in [1.29, 1.82) is 0 Å². The van der Waals surface area contributed by atoms with Gasteiger partial charge in [-0.2, -0.15) is 0 Å². The van der Waals surface area contributed by atoms with Gasteiger partial charge in [0.05, 0.1) is 0 Å². The lowest BCUT2D eigenvalue weighted by Crippen LogP contribution is -2.48. The topological polar surface area (TPSA) is 77.8 Å². The summed E-state index contributed by atoms with van der Waals surface area (Å²) < 4.78 is 0. The van der Waals surface area contributed by atoms with Crippen molar-refractivity contribution in [3.8, 4) is 0 Å². The Morgan fingerprint density at radius 2 is 1.73 bits per heavy atom. The van der Waals surface area contributed by atoms with Crippen LogP contribution in [0.25, 0.3) is 0 Å². The molecule has 5 heteroatoms. The first-order valence-corrected chi connectivity index (χ1v) is 7.86. The number of hydrogen-bond donors (Lipinski definition) is 2. The monoisotopic (exact) mass is 307 g/mol. The zero-order valence-corrected chi connectivity index (χ0v) is 13.5. The molecule has 2 N–H and O–H groups in total. The number of hydrogen-bond acceptors (Lipinski definition) is 3. The van der Waals surface area contributed by atoms with Crippen LogP contribution in [-0.4, -0.2) is 41.1 Å². The quantitative estimate of drug-likeness (QED) is 0.835. The summed E-state index contributed by atoms with van der Waals surface area (Å²) in [4.78, 5) is 25.6. The van der Waals surface area contributed by atoms with Crippen molar-refractivity contribution in [2.75, 3.05) is 14.1 Å². The van der Waals surface area contributed by atoms with E-state index in [4.69, 9.17) is 0 Å². The molecule has 0 aromatic heterocycles. The van der Waals surface area contributed by atoms with Crippen LogP contribution < -0.4 is 0 Å². The SMILES string of the molecule is CN(C)C1=CC=C(C(=O)O)C(C2CCCCC2)C1(C)C(=O)O. The van der Waals surface area contributed by atoms with Crippen LogP contribution >= 0.6 is 0 Å². The molecule has 0 aliphatic heterocycles. The van der Waals surface area contributed by atoms with E-state index in [1.807, 2.05) is 14.1 Å². The van der Waals surface area contributed by atoms with E-state index < -0.39 is 23.3 Å². The zero-order chi connectivity index (χ0) is 16.5. The number of rotatable bonds is 4. The standard InChI is InChI=1S/C17H25NO4/c1-17(16(21)22)13(18(2)3)10-9-12(15(19)20)14(17)11-7-5-4-6-8-11/h9-11,14H,4-8H2,1-3H3,(H,19,20)(H,21,22). The van der Waals surface area contributed by atoms with Crippen molar-refractivity contribution in [2.24, 2.45) is 17.3 Å². The van der Waals surface area contributed by atoms with E-state index in [1.165, 1.54) is 0 Å². The smallest absolute Gasteiger partial charge is 0.331 e. The van der Waals surface area contributed by atoms with E-state index in [1.54, 1.807) is 24.0 Å². The predicted octanol–water partition coefficient (Wildman–Crippen LogP) is 2.74.